The fourth-order valence-corrected chi connectivity index (χ4v) is 3.53. The van der Waals surface area contributed by atoms with E-state index in [0.29, 0.717) is 18.7 Å². The molecule has 0 spiro atoms. The molecule has 0 aliphatic heterocycles. The second-order valence-electron chi connectivity index (χ2n) is 8.10. The van der Waals surface area contributed by atoms with Gasteiger partial charge in [-0.15, -0.1) is 0 Å². The third-order valence-electron chi connectivity index (χ3n) is 5.37. The van der Waals surface area contributed by atoms with E-state index in [9.17, 15) is 9.59 Å². The third-order valence-corrected chi connectivity index (χ3v) is 5.37. The number of carboxylic acid groups (broad SMARTS) is 1. The van der Waals surface area contributed by atoms with E-state index in [2.05, 4.69) is 19.2 Å². The first-order valence-electron chi connectivity index (χ1n) is 11.6. The second kappa shape index (κ2) is 13.4. The van der Waals surface area contributed by atoms with Crippen molar-refractivity contribution in [3.05, 3.63) is 59.7 Å². The van der Waals surface area contributed by atoms with Crippen molar-refractivity contribution < 1.29 is 14.7 Å². The van der Waals surface area contributed by atoms with Crippen molar-refractivity contribution >= 4 is 23.8 Å². The van der Waals surface area contributed by atoms with Gasteiger partial charge in [0.15, 0.2) is 0 Å². The standard InChI is InChI=1S/C27H36N2O3/c1-4-6-7-8-9-17-28-27(32)29(18-5-2)25-12-10-11-24(20-25)23-15-13-22(14-16-23)19-21(3)26(30)31/h10-16,19-20H,4-9,17-18H2,1-3H3,(H,28,32)(H,30,31)/b21-19+. The molecule has 0 unspecified atom stereocenters. The number of rotatable bonds is 12. The number of amides is 2. The number of urea groups is 1. The van der Waals surface area contributed by atoms with Crippen molar-refractivity contribution in [2.24, 2.45) is 0 Å². The number of nitrogens with zero attached hydrogens (tertiary/aromatic N) is 1. The molecule has 32 heavy (non-hydrogen) atoms. The number of carboxylic acids is 1. The van der Waals surface area contributed by atoms with Crippen molar-refractivity contribution in [3.63, 3.8) is 0 Å². The minimum atomic E-state index is -0.919. The predicted molar refractivity (Wildman–Crippen MR) is 133 cm³/mol. The highest BCUT2D eigenvalue weighted by Gasteiger charge is 2.15. The van der Waals surface area contributed by atoms with Crippen LogP contribution in [0.5, 0.6) is 0 Å². The van der Waals surface area contributed by atoms with Gasteiger partial charge in [0.2, 0.25) is 0 Å². The average Bonchev–Trinajstić information content (AvgIpc) is 2.80. The van der Waals surface area contributed by atoms with E-state index < -0.39 is 5.97 Å². The Balaban J connectivity index is 2.10. The topological polar surface area (TPSA) is 69.6 Å². The molecule has 2 N–H and O–H groups in total. The monoisotopic (exact) mass is 436 g/mol. The van der Waals surface area contributed by atoms with Crippen molar-refractivity contribution in [1.82, 2.24) is 5.32 Å². The molecular formula is C27H36N2O3. The summed E-state index contributed by atoms with van der Waals surface area (Å²) in [4.78, 5) is 25.7. The van der Waals surface area contributed by atoms with Crippen LogP contribution in [0.15, 0.2) is 54.1 Å². The molecule has 0 fully saturated rings. The molecule has 2 aromatic rings. The molecular weight excluding hydrogens is 400 g/mol. The Morgan fingerprint density at radius 3 is 2.31 bits per heavy atom. The van der Waals surface area contributed by atoms with Gasteiger partial charge in [0.25, 0.3) is 0 Å². The number of anilines is 1. The summed E-state index contributed by atoms with van der Waals surface area (Å²) in [5.41, 5.74) is 4.05. The molecule has 0 radical (unpaired) electrons. The Morgan fingerprint density at radius 2 is 1.66 bits per heavy atom. The quantitative estimate of drug-likeness (QED) is 0.286. The van der Waals surface area contributed by atoms with E-state index in [4.69, 9.17) is 5.11 Å². The van der Waals surface area contributed by atoms with Gasteiger partial charge in [0.1, 0.15) is 0 Å². The lowest BCUT2D eigenvalue weighted by molar-refractivity contribution is -0.132. The van der Waals surface area contributed by atoms with Crippen LogP contribution < -0.4 is 10.2 Å². The largest absolute Gasteiger partial charge is 0.478 e. The Bertz CT molecular complexity index is 903. The number of benzene rings is 2. The smallest absolute Gasteiger partial charge is 0.331 e. The zero-order valence-electron chi connectivity index (χ0n) is 19.6. The van der Waals surface area contributed by atoms with Crippen LogP contribution in [0.3, 0.4) is 0 Å². The van der Waals surface area contributed by atoms with Crippen LogP contribution in [0.1, 0.15) is 64.9 Å². The van der Waals surface area contributed by atoms with Gasteiger partial charge in [0, 0.05) is 24.4 Å². The Morgan fingerprint density at radius 1 is 0.938 bits per heavy atom. The summed E-state index contributed by atoms with van der Waals surface area (Å²) in [5.74, 6) is -0.919. The molecule has 5 nitrogen and oxygen atoms in total. The zero-order chi connectivity index (χ0) is 23.3. The molecule has 0 heterocycles. The van der Waals surface area contributed by atoms with E-state index in [1.54, 1.807) is 13.0 Å². The second-order valence-corrected chi connectivity index (χ2v) is 8.10. The summed E-state index contributed by atoms with van der Waals surface area (Å²) < 4.78 is 0. The first kappa shape index (κ1) is 25.2. The van der Waals surface area contributed by atoms with E-state index in [-0.39, 0.29) is 6.03 Å². The number of hydrogen-bond donors (Lipinski definition) is 2. The number of carbonyl (C=O) groups is 2. The van der Waals surface area contributed by atoms with E-state index in [1.807, 2.05) is 53.4 Å². The van der Waals surface area contributed by atoms with Crippen LogP contribution in [0.25, 0.3) is 17.2 Å². The van der Waals surface area contributed by atoms with Gasteiger partial charge in [-0.3, -0.25) is 4.90 Å². The Labute approximate surface area is 192 Å². The van der Waals surface area contributed by atoms with Gasteiger partial charge in [0.05, 0.1) is 0 Å². The molecule has 172 valence electrons. The lowest BCUT2D eigenvalue weighted by Gasteiger charge is -2.23. The normalized spacial score (nSPS) is 11.3. The molecule has 0 saturated heterocycles. The first-order chi connectivity index (χ1) is 15.5. The van der Waals surface area contributed by atoms with Crippen molar-refractivity contribution in [2.45, 2.75) is 59.3 Å². The van der Waals surface area contributed by atoms with Crippen LogP contribution in [0, 0.1) is 0 Å². The van der Waals surface area contributed by atoms with Crippen LogP contribution in [0.4, 0.5) is 10.5 Å². The fourth-order valence-electron chi connectivity index (χ4n) is 3.53. The van der Waals surface area contributed by atoms with E-state index in [0.717, 1.165) is 41.6 Å². The maximum Gasteiger partial charge on any atom is 0.331 e. The number of nitrogens with one attached hydrogen (secondary N) is 1. The first-order valence-corrected chi connectivity index (χ1v) is 11.6. The number of unbranched alkanes of at least 4 members (excludes halogenated alkanes) is 4. The maximum absolute atomic E-state index is 12.8. The molecule has 0 saturated carbocycles. The SMILES string of the molecule is CCCCCCCNC(=O)N(CCC)c1cccc(-c2ccc(/C=C(\C)C(=O)O)cc2)c1. The Kier molecular flexibility index (Phi) is 10.5. The summed E-state index contributed by atoms with van der Waals surface area (Å²) in [6.45, 7) is 7.21. The number of aliphatic carboxylic acids is 1. The van der Waals surface area contributed by atoms with Crippen LogP contribution in [-0.2, 0) is 4.79 Å². The molecule has 0 aliphatic carbocycles. The zero-order valence-corrected chi connectivity index (χ0v) is 19.6. The van der Waals surface area contributed by atoms with Crippen LogP contribution in [-0.4, -0.2) is 30.2 Å². The molecule has 2 rings (SSSR count). The van der Waals surface area contributed by atoms with Crippen molar-refractivity contribution in [1.29, 1.82) is 0 Å². The summed E-state index contributed by atoms with van der Waals surface area (Å²) >= 11 is 0. The molecule has 2 aromatic carbocycles. The molecule has 5 heteroatoms. The van der Waals surface area contributed by atoms with E-state index in [1.165, 1.54) is 19.3 Å². The highest BCUT2D eigenvalue weighted by Crippen LogP contribution is 2.26. The van der Waals surface area contributed by atoms with Crippen LogP contribution in [0.2, 0.25) is 0 Å². The third kappa shape index (κ3) is 7.88. The molecule has 0 bridgehead atoms. The van der Waals surface area contributed by atoms with Crippen LogP contribution >= 0.6 is 0 Å². The fraction of sp³-hybridized carbons (Fsp3) is 0.407. The van der Waals surface area contributed by atoms with Gasteiger partial charge in [-0.1, -0.05) is 75.9 Å². The highest BCUT2D eigenvalue weighted by atomic mass is 16.4. The molecule has 2 amide bonds. The molecule has 0 atom stereocenters. The minimum absolute atomic E-state index is 0.0517. The van der Waals surface area contributed by atoms with Gasteiger partial charge in [-0.2, -0.15) is 0 Å². The lowest BCUT2D eigenvalue weighted by Crippen LogP contribution is -2.41. The lowest BCUT2D eigenvalue weighted by atomic mass is 10.0. The van der Waals surface area contributed by atoms with Crippen molar-refractivity contribution in [3.8, 4) is 11.1 Å². The molecule has 0 aromatic heterocycles. The summed E-state index contributed by atoms with van der Waals surface area (Å²) in [6, 6.07) is 15.7. The molecule has 0 aliphatic rings. The minimum Gasteiger partial charge on any atom is -0.478 e. The average molecular weight is 437 g/mol. The Hall–Kier alpha value is -3.08. The highest BCUT2D eigenvalue weighted by molar-refractivity contribution is 5.93. The van der Waals surface area contributed by atoms with Crippen molar-refractivity contribution in [2.75, 3.05) is 18.0 Å². The summed E-state index contributed by atoms with van der Waals surface area (Å²) in [5, 5.41) is 12.1. The summed E-state index contributed by atoms with van der Waals surface area (Å²) in [6.07, 6.45) is 8.36. The maximum atomic E-state index is 12.8. The van der Waals surface area contributed by atoms with Gasteiger partial charge >= 0.3 is 12.0 Å². The predicted octanol–water partition coefficient (Wildman–Crippen LogP) is 6.74. The van der Waals surface area contributed by atoms with Gasteiger partial charge in [-0.05, 0) is 54.7 Å². The van der Waals surface area contributed by atoms with Gasteiger partial charge in [-0.25, -0.2) is 9.59 Å². The number of hydrogen-bond acceptors (Lipinski definition) is 2. The van der Waals surface area contributed by atoms with Gasteiger partial charge < -0.3 is 10.4 Å². The van der Waals surface area contributed by atoms with E-state index >= 15 is 0 Å². The summed E-state index contributed by atoms with van der Waals surface area (Å²) in [7, 11) is 0. The number of carbonyl (C=O) groups excluding carboxylic acids is 1.